The summed E-state index contributed by atoms with van der Waals surface area (Å²) in [5.74, 6) is 0.790. The molecule has 1 atom stereocenters. The van der Waals surface area contributed by atoms with E-state index in [0.29, 0.717) is 4.58 Å². The second-order valence-electron chi connectivity index (χ2n) is 2.60. The zero-order chi connectivity index (χ0) is 9.68. The molecule has 1 aromatic rings. The lowest BCUT2D eigenvalue weighted by Gasteiger charge is -2.08. The number of thioether (sulfide) groups is 2. The van der Waals surface area contributed by atoms with Crippen LogP contribution in [-0.4, -0.2) is 31.6 Å². The van der Waals surface area contributed by atoms with Gasteiger partial charge in [0.15, 0.2) is 5.16 Å². The topological polar surface area (TPSA) is 38.1 Å². The van der Waals surface area contributed by atoms with E-state index in [1.165, 1.54) is 0 Å². The first-order valence-corrected chi connectivity index (χ1v) is 6.03. The zero-order valence-electron chi connectivity index (χ0n) is 7.80. The van der Waals surface area contributed by atoms with Crippen LogP contribution in [0.5, 0.6) is 0 Å². The van der Waals surface area contributed by atoms with Crippen LogP contribution in [0.4, 0.5) is 0 Å². The fourth-order valence-corrected chi connectivity index (χ4v) is 2.77. The molecule has 1 aromatic heterocycles. The van der Waals surface area contributed by atoms with Crippen molar-refractivity contribution < 1.29 is 5.11 Å². The maximum absolute atomic E-state index is 8.64. The number of aliphatic hydroxyl groups is 1. The van der Waals surface area contributed by atoms with Gasteiger partial charge in [0, 0.05) is 25.2 Å². The second-order valence-corrected chi connectivity index (χ2v) is 5.66. The SMILES string of the molecule is CC(SCCO)Sc1nccn1C. The summed E-state index contributed by atoms with van der Waals surface area (Å²) >= 11 is 3.46. The van der Waals surface area contributed by atoms with Gasteiger partial charge in [0.1, 0.15) is 0 Å². The number of aliphatic hydroxyl groups excluding tert-OH is 1. The van der Waals surface area contributed by atoms with Gasteiger partial charge in [-0.15, -0.1) is 11.8 Å². The van der Waals surface area contributed by atoms with Crippen molar-refractivity contribution in [1.29, 1.82) is 0 Å². The Bertz CT molecular complexity index is 252. The molecule has 0 saturated carbocycles. The van der Waals surface area contributed by atoms with Crippen LogP contribution in [0.3, 0.4) is 0 Å². The van der Waals surface area contributed by atoms with Crippen molar-refractivity contribution in [2.24, 2.45) is 7.05 Å². The third-order valence-corrected chi connectivity index (χ3v) is 4.01. The first-order valence-electron chi connectivity index (χ1n) is 4.10. The molecule has 0 bridgehead atoms. The van der Waals surface area contributed by atoms with Crippen LogP contribution in [0.15, 0.2) is 17.6 Å². The number of hydrogen-bond donors (Lipinski definition) is 1. The van der Waals surface area contributed by atoms with Crippen LogP contribution >= 0.6 is 23.5 Å². The molecule has 0 aliphatic carbocycles. The lowest BCUT2D eigenvalue weighted by Crippen LogP contribution is -1.98. The van der Waals surface area contributed by atoms with Gasteiger partial charge in [-0.05, 0) is 6.92 Å². The number of aryl methyl sites for hydroxylation is 1. The molecule has 0 aliphatic rings. The van der Waals surface area contributed by atoms with Crippen LogP contribution in [0, 0.1) is 0 Å². The highest BCUT2D eigenvalue weighted by molar-refractivity contribution is 8.16. The van der Waals surface area contributed by atoms with E-state index in [0.717, 1.165) is 10.9 Å². The maximum Gasteiger partial charge on any atom is 0.168 e. The maximum atomic E-state index is 8.64. The van der Waals surface area contributed by atoms with E-state index < -0.39 is 0 Å². The summed E-state index contributed by atoms with van der Waals surface area (Å²) < 4.78 is 2.44. The molecular formula is C8H14N2OS2. The highest BCUT2D eigenvalue weighted by Crippen LogP contribution is 2.28. The van der Waals surface area contributed by atoms with Gasteiger partial charge in [-0.25, -0.2) is 4.98 Å². The van der Waals surface area contributed by atoms with Gasteiger partial charge in [-0.3, -0.25) is 0 Å². The average molecular weight is 218 g/mol. The van der Waals surface area contributed by atoms with Gasteiger partial charge in [-0.1, -0.05) is 11.8 Å². The molecule has 1 rings (SSSR count). The lowest BCUT2D eigenvalue weighted by atomic mass is 10.9. The van der Waals surface area contributed by atoms with E-state index in [1.807, 2.05) is 17.8 Å². The summed E-state index contributed by atoms with van der Waals surface area (Å²) in [7, 11) is 1.98. The monoisotopic (exact) mass is 218 g/mol. The Morgan fingerprint density at radius 1 is 1.69 bits per heavy atom. The molecular weight excluding hydrogens is 204 g/mol. The van der Waals surface area contributed by atoms with E-state index in [1.54, 1.807) is 29.7 Å². The molecule has 0 fully saturated rings. The number of rotatable bonds is 5. The first-order chi connectivity index (χ1) is 6.24. The summed E-state index contributed by atoms with van der Waals surface area (Å²) in [6.45, 7) is 2.37. The molecule has 0 amide bonds. The minimum atomic E-state index is 0.246. The molecule has 0 aliphatic heterocycles. The van der Waals surface area contributed by atoms with Crippen molar-refractivity contribution in [3.63, 3.8) is 0 Å². The minimum absolute atomic E-state index is 0.246. The predicted molar refractivity (Wildman–Crippen MR) is 58.1 cm³/mol. The summed E-state index contributed by atoms with van der Waals surface area (Å²) in [6.07, 6.45) is 3.73. The highest BCUT2D eigenvalue weighted by atomic mass is 32.2. The van der Waals surface area contributed by atoms with Gasteiger partial charge in [0.2, 0.25) is 0 Å². The van der Waals surface area contributed by atoms with Crippen molar-refractivity contribution in [2.45, 2.75) is 16.7 Å². The minimum Gasteiger partial charge on any atom is -0.396 e. The third kappa shape index (κ3) is 3.62. The molecule has 0 aromatic carbocycles. The Morgan fingerprint density at radius 2 is 2.46 bits per heavy atom. The van der Waals surface area contributed by atoms with Crippen LogP contribution in [0.2, 0.25) is 0 Å². The van der Waals surface area contributed by atoms with Crippen molar-refractivity contribution in [3.05, 3.63) is 12.4 Å². The van der Waals surface area contributed by atoms with E-state index >= 15 is 0 Å². The van der Waals surface area contributed by atoms with E-state index in [-0.39, 0.29) is 6.61 Å². The number of nitrogens with zero attached hydrogens (tertiary/aromatic N) is 2. The molecule has 0 radical (unpaired) electrons. The van der Waals surface area contributed by atoms with Gasteiger partial charge >= 0.3 is 0 Å². The van der Waals surface area contributed by atoms with E-state index in [2.05, 4.69) is 11.9 Å². The lowest BCUT2D eigenvalue weighted by molar-refractivity contribution is 0.322. The smallest absolute Gasteiger partial charge is 0.168 e. The van der Waals surface area contributed by atoms with Crippen molar-refractivity contribution in [1.82, 2.24) is 9.55 Å². The molecule has 3 nitrogen and oxygen atoms in total. The van der Waals surface area contributed by atoms with Gasteiger partial charge in [0.05, 0.1) is 11.2 Å². The normalized spacial score (nSPS) is 13.2. The molecule has 1 unspecified atom stereocenters. The van der Waals surface area contributed by atoms with Crippen molar-refractivity contribution in [3.8, 4) is 0 Å². The molecule has 0 spiro atoms. The Morgan fingerprint density at radius 3 is 3.00 bits per heavy atom. The summed E-state index contributed by atoms with van der Waals surface area (Å²) in [5.41, 5.74) is 0. The fraction of sp³-hybridized carbons (Fsp3) is 0.625. The van der Waals surface area contributed by atoms with E-state index in [4.69, 9.17) is 5.11 Å². The fourth-order valence-electron chi connectivity index (χ4n) is 0.867. The number of aromatic nitrogens is 2. The molecule has 5 heteroatoms. The number of hydrogen-bond acceptors (Lipinski definition) is 4. The summed E-state index contributed by atoms with van der Waals surface area (Å²) in [4.78, 5) is 4.21. The van der Waals surface area contributed by atoms with Crippen molar-refractivity contribution in [2.75, 3.05) is 12.4 Å². The molecule has 1 N–H and O–H groups in total. The molecule has 13 heavy (non-hydrogen) atoms. The van der Waals surface area contributed by atoms with Gasteiger partial charge < -0.3 is 9.67 Å². The van der Waals surface area contributed by atoms with Gasteiger partial charge in [0.25, 0.3) is 0 Å². The Kier molecular flexibility index (Phi) is 4.69. The Hall–Kier alpha value is -0.130. The molecule has 1 heterocycles. The largest absolute Gasteiger partial charge is 0.396 e. The Balaban J connectivity index is 2.36. The summed E-state index contributed by atoms with van der Waals surface area (Å²) in [5, 5.41) is 9.67. The average Bonchev–Trinajstić information content (AvgIpc) is 2.48. The van der Waals surface area contributed by atoms with Crippen LogP contribution in [-0.2, 0) is 7.05 Å². The highest BCUT2D eigenvalue weighted by Gasteiger charge is 2.07. The van der Waals surface area contributed by atoms with Crippen molar-refractivity contribution >= 4 is 23.5 Å². The standard InChI is InChI=1S/C8H14N2OS2/c1-7(12-6-5-11)13-8-9-3-4-10(8)2/h3-4,7,11H,5-6H2,1-2H3. The second kappa shape index (κ2) is 5.57. The quantitative estimate of drug-likeness (QED) is 0.601. The summed E-state index contributed by atoms with van der Waals surface area (Å²) in [6, 6.07) is 0. The van der Waals surface area contributed by atoms with E-state index in [9.17, 15) is 0 Å². The molecule has 0 saturated heterocycles. The van der Waals surface area contributed by atoms with Crippen LogP contribution in [0.1, 0.15) is 6.92 Å². The zero-order valence-corrected chi connectivity index (χ0v) is 9.44. The van der Waals surface area contributed by atoms with Crippen LogP contribution in [0.25, 0.3) is 0 Å². The first kappa shape index (κ1) is 10.9. The third-order valence-electron chi connectivity index (χ3n) is 1.49. The Labute approximate surface area is 86.9 Å². The van der Waals surface area contributed by atoms with Crippen LogP contribution < -0.4 is 0 Å². The number of imidazole rings is 1. The molecule has 74 valence electrons. The van der Waals surface area contributed by atoms with Gasteiger partial charge in [-0.2, -0.15) is 0 Å². The predicted octanol–water partition coefficient (Wildman–Crippen LogP) is 1.58.